The Kier molecular flexibility index (Phi) is 4.34. The molecule has 0 saturated carbocycles. The lowest BCUT2D eigenvalue weighted by Gasteiger charge is -2.19. The van der Waals surface area contributed by atoms with Crippen LogP contribution < -0.4 is 10.5 Å². The van der Waals surface area contributed by atoms with E-state index in [-0.39, 0.29) is 0 Å². The molecular weight excluding hydrogens is 328 g/mol. The van der Waals surface area contributed by atoms with Crippen molar-refractivity contribution < 1.29 is 9.53 Å². The first-order chi connectivity index (χ1) is 12.6. The number of ether oxygens (including phenoxy) is 1. The number of rotatable bonds is 4. The lowest BCUT2D eigenvalue weighted by Crippen LogP contribution is -2.30. The van der Waals surface area contributed by atoms with E-state index in [9.17, 15) is 4.79 Å². The van der Waals surface area contributed by atoms with Crippen molar-refractivity contribution in [1.82, 2.24) is 14.5 Å². The summed E-state index contributed by atoms with van der Waals surface area (Å²) in [6, 6.07) is 12.9. The van der Waals surface area contributed by atoms with Crippen LogP contribution in [0.4, 0.5) is 4.79 Å². The molecule has 1 radical (unpaired) electrons. The van der Waals surface area contributed by atoms with Crippen LogP contribution in [0.3, 0.4) is 0 Å². The van der Waals surface area contributed by atoms with E-state index >= 15 is 0 Å². The summed E-state index contributed by atoms with van der Waals surface area (Å²) in [5.41, 5.74) is 7.80. The van der Waals surface area contributed by atoms with E-state index in [4.69, 9.17) is 10.5 Å². The van der Waals surface area contributed by atoms with E-state index < -0.39 is 6.03 Å². The second kappa shape index (κ2) is 6.80. The van der Waals surface area contributed by atoms with Gasteiger partial charge in [0.2, 0.25) is 0 Å². The second-order valence-corrected chi connectivity index (χ2v) is 6.69. The number of likely N-dealkylation sites (tertiary alicyclic amines) is 1. The number of hydrogen-bond acceptors (Lipinski definition) is 4. The van der Waals surface area contributed by atoms with Crippen molar-refractivity contribution in [1.29, 1.82) is 0 Å². The van der Waals surface area contributed by atoms with Gasteiger partial charge in [-0.2, -0.15) is 0 Å². The molecule has 4 rings (SSSR count). The number of likely N-dealkylation sites (N-methyl/N-ethyl adjacent to an activating group) is 1. The van der Waals surface area contributed by atoms with Crippen LogP contribution in [-0.4, -0.2) is 46.7 Å². The van der Waals surface area contributed by atoms with Gasteiger partial charge >= 0.3 is 6.03 Å². The molecule has 3 aromatic rings. The van der Waals surface area contributed by atoms with Crippen molar-refractivity contribution in [2.75, 3.05) is 20.2 Å². The molecule has 2 aromatic heterocycles. The first kappa shape index (κ1) is 16.6. The molecule has 0 spiro atoms. The summed E-state index contributed by atoms with van der Waals surface area (Å²) in [6.45, 7) is 1.84. The van der Waals surface area contributed by atoms with Gasteiger partial charge in [0.05, 0.1) is 0 Å². The molecule has 1 aliphatic rings. The van der Waals surface area contributed by atoms with Crippen molar-refractivity contribution >= 4 is 17.1 Å². The van der Waals surface area contributed by atoms with E-state index in [2.05, 4.69) is 23.0 Å². The Bertz CT molecular complexity index is 950. The minimum atomic E-state index is -0.566. The number of carbonyl (C=O) groups excluding carboxylic acids is 1. The summed E-state index contributed by atoms with van der Waals surface area (Å²) in [5, 5.41) is 0.750. The van der Waals surface area contributed by atoms with Crippen LogP contribution in [0.5, 0.6) is 5.75 Å². The maximum absolute atomic E-state index is 11.4. The third kappa shape index (κ3) is 3.15. The Morgan fingerprint density at radius 1 is 1.38 bits per heavy atom. The monoisotopic (exact) mass is 349 g/mol. The smallest absolute Gasteiger partial charge is 0.324 e. The van der Waals surface area contributed by atoms with Crippen molar-refractivity contribution in [3.63, 3.8) is 0 Å². The molecule has 26 heavy (non-hydrogen) atoms. The first-order valence-corrected chi connectivity index (χ1v) is 8.74. The van der Waals surface area contributed by atoms with Crippen molar-refractivity contribution in [2.24, 2.45) is 5.73 Å². The number of nitrogens with zero attached hydrogens (tertiary/aromatic N) is 3. The average molecular weight is 349 g/mol. The van der Waals surface area contributed by atoms with Gasteiger partial charge in [0, 0.05) is 35.5 Å². The van der Waals surface area contributed by atoms with Gasteiger partial charge in [-0.25, -0.2) is 9.78 Å². The molecule has 0 bridgehead atoms. The normalized spacial score (nSPS) is 17.7. The highest BCUT2D eigenvalue weighted by atomic mass is 16.5. The number of carbonyl (C=O) groups is 1. The molecule has 6 nitrogen and oxygen atoms in total. The van der Waals surface area contributed by atoms with Gasteiger partial charge in [0.1, 0.15) is 18.0 Å². The Morgan fingerprint density at radius 3 is 3.04 bits per heavy atom. The number of primary amides is 1. The molecule has 2 N–H and O–H groups in total. The van der Waals surface area contributed by atoms with Crippen LogP contribution in [0.1, 0.15) is 12.8 Å². The maximum Gasteiger partial charge on any atom is 0.324 e. The molecule has 1 saturated heterocycles. The van der Waals surface area contributed by atoms with Crippen LogP contribution >= 0.6 is 0 Å². The Balaban J connectivity index is 1.56. The summed E-state index contributed by atoms with van der Waals surface area (Å²) in [7, 11) is 2.15. The van der Waals surface area contributed by atoms with Crippen LogP contribution in [0.25, 0.3) is 22.2 Å². The van der Waals surface area contributed by atoms with Gasteiger partial charge in [-0.1, -0.05) is 12.1 Å². The molecular formula is C20H21N4O2. The molecule has 1 amide bonds. The zero-order chi connectivity index (χ0) is 18.1. The minimum Gasteiger partial charge on any atom is -0.492 e. The predicted molar refractivity (Wildman–Crippen MR) is 100 cm³/mol. The van der Waals surface area contributed by atoms with Gasteiger partial charge in [-0.05, 0) is 50.2 Å². The Hall–Kier alpha value is -2.86. The van der Waals surface area contributed by atoms with Crippen LogP contribution in [0.2, 0.25) is 0 Å². The fraction of sp³-hybridized carbons (Fsp3) is 0.300. The number of aromatic nitrogens is 2. The van der Waals surface area contributed by atoms with E-state index in [1.807, 2.05) is 30.3 Å². The van der Waals surface area contributed by atoms with Crippen LogP contribution in [-0.2, 0) is 0 Å². The minimum absolute atomic E-state index is 0.486. The van der Waals surface area contributed by atoms with E-state index in [0.717, 1.165) is 28.8 Å². The summed E-state index contributed by atoms with van der Waals surface area (Å²) in [6.07, 6.45) is 5.67. The maximum atomic E-state index is 11.4. The third-order valence-electron chi connectivity index (χ3n) is 4.96. The summed E-state index contributed by atoms with van der Waals surface area (Å²) < 4.78 is 7.30. The number of nitrogens with two attached hydrogens (primary N) is 1. The number of pyridine rings is 1. The van der Waals surface area contributed by atoms with E-state index in [1.54, 1.807) is 6.20 Å². The molecule has 6 heteroatoms. The first-order valence-electron chi connectivity index (χ1n) is 8.74. The standard InChI is InChI=1S/C20H21N4O2/c1-23-8-3-5-17(23)13-26-18-6-2-4-14(11-18)16-10-15-7-9-24(20(21)25)19(15)22-12-16/h2,4,6,9-12,17H,3,5,8,13H2,1H3,(H2,21,25)/t17-/m0/s1. The van der Waals surface area contributed by atoms with Crippen molar-refractivity contribution in [3.8, 4) is 16.9 Å². The van der Waals surface area contributed by atoms with Gasteiger partial charge in [-0.3, -0.25) is 4.57 Å². The molecule has 1 aliphatic heterocycles. The highest BCUT2D eigenvalue weighted by Gasteiger charge is 2.21. The van der Waals surface area contributed by atoms with Gasteiger partial charge in [-0.15, -0.1) is 0 Å². The van der Waals surface area contributed by atoms with E-state index in [1.165, 1.54) is 23.6 Å². The number of fused-ring (bicyclic) bond motifs is 1. The zero-order valence-corrected chi connectivity index (χ0v) is 14.7. The summed E-state index contributed by atoms with van der Waals surface area (Å²) in [5.74, 6) is 0.849. The van der Waals surface area contributed by atoms with Crippen molar-refractivity contribution in [3.05, 3.63) is 48.8 Å². The van der Waals surface area contributed by atoms with E-state index in [0.29, 0.717) is 18.3 Å². The third-order valence-corrected chi connectivity index (χ3v) is 4.96. The lowest BCUT2D eigenvalue weighted by molar-refractivity contribution is 0.198. The molecule has 0 unspecified atom stereocenters. The van der Waals surface area contributed by atoms with Crippen LogP contribution in [0, 0.1) is 6.07 Å². The Morgan fingerprint density at radius 2 is 2.27 bits per heavy atom. The lowest BCUT2D eigenvalue weighted by atomic mass is 10.1. The molecule has 1 atom stereocenters. The molecule has 0 aliphatic carbocycles. The Labute approximate surface area is 152 Å². The van der Waals surface area contributed by atoms with Gasteiger partial charge in [0.15, 0.2) is 0 Å². The quantitative estimate of drug-likeness (QED) is 0.786. The van der Waals surface area contributed by atoms with Crippen LogP contribution in [0.15, 0.2) is 42.7 Å². The fourth-order valence-corrected chi connectivity index (χ4v) is 3.42. The number of benzene rings is 1. The fourth-order valence-electron chi connectivity index (χ4n) is 3.42. The highest BCUT2D eigenvalue weighted by Crippen LogP contribution is 2.27. The summed E-state index contributed by atoms with van der Waals surface area (Å²) in [4.78, 5) is 18.1. The zero-order valence-electron chi connectivity index (χ0n) is 14.7. The largest absolute Gasteiger partial charge is 0.492 e. The number of hydrogen-bond donors (Lipinski definition) is 1. The second-order valence-electron chi connectivity index (χ2n) is 6.69. The summed E-state index contributed by atoms with van der Waals surface area (Å²) >= 11 is 0. The topological polar surface area (TPSA) is 73.4 Å². The highest BCUT2D eigenvalue weighted by molar-refractivity contribution is 5.90. The molecule has 1 aromatic carbocycles. The number of amides is 1. The van der Waals surface area contributed by atoms with Gasteiger partial charge < -0.3 is 15.4 Å². The molecule has 1 fully saturated rings. The van der Waals surface area contributed by atoms with Gasteiger partial charge in [0.25, 0.3) is 0 Å². The molecule has 3 heterocycles. The molecule has 133 valence electrons. The predicted octanol–water partition coefficient (Wildman–Crippen LogP) is 2.90. The SMILES string of the molecule is CN1CCC[C@H]1COc1cccc(-c2cnc3c([c]cn3C(N)=O)c2)c1. The average Bonchev–Trinajstić information content (AvgIpc) is 3.25. The van der Waals surface area contributed by atoms with Crippen molar-refractivity contribution in [2.45, 2.75) is 18.9 Å².